The van der Waals surface area contributed by atoms with E-state index in [2.05, 4.69) is 9.97 Å². The van der Waals surface area contributed by atoms with E-state index in [4.69, 9.17) is 5.11 Å². The van der Waals surface area contributed by atoms with Crippen molar-refractivity contribution >= 4 is 6.09 Å². The molecule has 1 aromatic heterocycles. The summed E-state index contributed by atoms with van der Waals surface area (Å²) in [6.07, 6.45) is -4.87. The lowest BCUT2D eigenvalue weighted by molar-refractivity contribution is -0.183. The first-order valence-corrected chi connectivity index (χ1v) is 4.49. The van der Waals surface area contributed by atoms with Crippen LogP contribution in [-0.4, -0.2) is 38.8 Å². The number of nitrogens with one attached hydrogen (secondary N) is 1. The van der Waals surface area contributed by atoms with Crippen molar-refractivity contribution in [2.45, 2.75) is 18.6 Å². The van der Waals surface area contributed by atoms with E-state index in [0.717, 1.165) is 6.33 Å². The molecule has 0 aromatic carbocycles. The highest BCUT2D eigenvalue weighted by molar-refractivity contribution is 5.66. The number of halogens is 3. The van der Waals surface area contributed by atoms with Gasteiger partial charge in [-0.3, -0.25) is 4.90 Å². The van der Waals surface area contributed by atoms with Crippen LogP contribution in [0.25, 0.3) is 0 Å². The Balaban J connectivity index is 2.45. The lowest BCUT2D eigenvalue weighted by atomic mass is 10.0. The number of amides is 1. The van der Waals surface area contributed by atoms with Gasteiger partial charge in [0.2, 0.25) is 0 Å². The van der Waals surface area contributed by atoms with Gasteiger partial charge < -0.3 is 10.1 Å². The standard InChI is InChI=1S/C8H8F3N3O2/c9-8(10,11)6-5-4(12-3-13-5)1-2-14(6)7(15)16/h3,6H,1-2H2,(H,12,13)(H,15,16). The van der Waals surface area contributed by atoms with Gasteiger partial charge in [-0.15, -0.1) is 0 Å². The van der Waals surface area contributed by atoms with Crippen LogP contribution in [0.3, 0.4) is 0 Å². The average molecular weight is 235 g/mol. The second kappa shape index (κ2) is 3.39. The summed E-state index contributed by atoms with van der Waals surface area (Å²) >= 11 is 0. The van der Waals surface area contributed by atoms with Crippen molar-refractivity contribution in [3.05, 3.63) is 17.7 Å². The Morgan fingerprint density at radius 3 is 2.88 bits per heavy atom. The summed E-state index contributed by atoms with van der Waals surface area (Å²) < 4.78 is 38.2. The molecule has 1 aliphatic rings. The number of carbonyl (C=O) groups is 1. The summed E-state index contributed by atoms with van der Waals surface area (Å²) in [4.78, 5) is 17.2. The monoisotopic (exact) mass is 235 g/mol. The quantitative estimate of drug-likeness (QED) is 0.716. The zero-order valence-electron chi connectivity index (χ0n) is 7.95. The molecule has 5 nitrogen and oxygen atoms in total. The second-order valence-electron chi connectivity index (χ2n) is 3.44. The van der Waals surface area contributed by atoms with Gasteiger partial charge in [-0.05, 0) is 0 Å². The summed E-state index contributed by atoms with van der Waals surface area (Å²) in [7, 11) is 0. The Hall–Kier alpha value is -1.73. The summed E-state index contributed by atoms with van der Waals surface area (Å²) in [5.74, 6) is 0. The van der Waals surface area contributed by atoms with Crippen LogP contribution < -0.4 is 0 Å². The molecule has 1 atom stereocenters. The van der Waals surface area contributed by atoms with Crippen LogP contribution in [0.1, 0.15) is 17.4 Å². The van der Waals surface area contributed by atoms with Crippen LogP contribution in [0.2, 0.25) is 0 Å². The zero-order chi connectivity index (χ0) is 11.9. The number of carboxylic acid groups (broad SMARTS) is 1. The lowest BCUT2D eigenvalue weighted by Crippen LogP contribution is -2.45. The first-order chi connectivity index (χ1) is 7.41. The second-order valence-corrected chi connectivity index (χ2v) is 3.44. The van der Waals surface area contributed by atoms with E-state index in [0.29, 0.717) is 10.6 Å². The molecule has 16 heavy (non-hydrogen) atoms. The summed E-state index contributed by atoms with van der Waals surface area (Å²) in [5.41, 5.74) is 0.0981. The largest absolute Gasteiger partial charge is 0.465 e. The highest BCUT2D eigenvalue weighted by atomic mass is 19.4. The third kappa shape index (κ3) is 1.59. The van der Waals surface area contributed by atoms with Crippen molar-refractivity contribution in [3.8, 4) is 0 Å². The SMILES string of the molecule is O=C(O)N1CCc2[nH]cnc2C1C(F)(F)F. The molecule has 8 heteroatoms. The molecule has 0 radical (unpaired) electrons. The molecule has 1 aromatic rings. The minimum Gasteiger partial charge on any atom is -0.465 e. The normalized spacial score (nSPS) is 20.7. The number of aromatic nitrogens is 2. The summed E-state index contributed by atoms with van der Waals surface area (Å²) in [6, 6.07) is -2.17. The molecule has 1 aliphatic heterocycles. The van der Waals surface area contributed by atoms with E-state index in [9.17, 15) is 18.0 Å². The van der Waals surface area contributed by atoms with Crippen LogP contribution in [0.5, 0.6) is 0 Å². The predicted octanol–water partition coefficient (Wildman–Crippen LogP) is 1.55. The maximum Gasteiger partial charge on any atom is 0.414 e. The molecule has 0 aliphatic carbocycles. The van der Waals surface area contributed by atoms with Gasteiger partial charge in [0.1, 0.15) is 0 Å². The Kier molecular flexibility index (Phi) is 2.28. The summed E-state index contributed by atoms with van der Waals surface area (Å²) in [5, 5.41) is 8.72. The van der Waals surface area contributed by atoms with E-state index >= 15 is 0 Å². The van der Waals surface area contributed by atoms with E-state index in [1.807, 2.05) is 0 Å². The molecule has 2 heterocycles. The van der Waals surface area contributed by atoms with Crippen LogP contribution in [-0.2, 0) is 6.42 Å². The first-order valence-electron chi connectivity index (χ1n) is 4.49. The molecular weight excluding hydrogens is 227 g/mol. The van der Waals surface area contributed by atoms with Gasteiger partial charge in [-0.1, -0.05) is 0 Å². The topological polar surface area (TPSA) is 69.2 Å². The van der Waals surface area contributed by atoms with E-state index < -0.39 is 18.3 Å². The third-order valence-electron chi connectivity index (χ3n) is 2.48. The molecule has 0 saturated carbocycles. The Labute approximate surface area is 87.9 Å². The van der Waals surface area contributed by atoms with Crippen molar-refractivity contribution in [1.29, 1.82) is 0 Å². The minimum absolute atomic E-state index is 0.186. The van der Waals surface area contributed by atoms with Gasteiger partial charge in [0.05, 0.1) is 12.0 Å². The van der Waals surface area contributed by atoms with Crippen LogP contribution in [0.15, 0.2) is 6.33 Å². The van der Waals surface area contributed by atoms with Gasteiger partial charge in [-0.2, -0.15) is 13.2 Å². The summed E-state index contributed by atoms with van der Waals surface area (Å²) in [6.45, 7) is -0.186. The van der Waals surface area contributed by atoms with Gasteiger partial charge in [0.15, 0.2) is 6.04 Å². The third-order valence-corrected chi connectivity index (χ3v) is 2.48. The molecule has 0 fully saturated rings. The number of H-pyrrole nitrogens is 1. The molecule has 88 valence electrons. The fourth-order valence-corrected chi connectivity index (χ4v) is 1.81. The molecule has 2 rings (SSSR count). The van der Waals surface area contributed by atoms with E-state index in [1.54, 1.807) is 0 Å². The maximum absolute atomic E-state index is 12.7. The number of nitrogens with zero attached hydrogens (tertiary/aromatic N) is 2. The highest BCUT2D eigenvalue weighted by Gasteiger charge is 2.50. The zero-order valence-corrected chi connectivity index (χ0v) is 7.95. The van der Waals surface area contributed by atoms with Gasteiger partial charge >= 0.3 is 12.3 Å². The number of aromatic amines is 1. The smallest absolute Gasteiger partial charge is 0.414 e. The maximum atomic E-state index is 12.7. The average Bonchev–Trinajstić information content (AvgIpc) is 2.61. The fraction of sp³-hybridized carbons (Fsp3) is 0.500. The van der Waals surface area contributed by atoms with Crippen LogP contribution in [0, 0.1) is 0 Å². The van der Waals surface area contributed by atoms with Crippen LogP contribution in [0.4, 0.5) is 18.0 Å². The molecule has 0 bridgehead atoms. The molecule has 0 spiro atoms. The Morgan fingerprint density at radius 2 is 2.31 bits per heavy atom. The van der Waals surface area contributed by atoms with E-state index in [1.165, 1.54) is 0 Å². The molecular formula is C8H8F3N3O2. The first kappa shape index (κ1) is 10.8. The van der Waals surface area contributed by atoms with Crippen LogP contribution >= 0.6 is 0 Å². The van der Waals surface area contributed by atoms with E-state index in [-0.39, 0.29) is 18.7 Å². The molecule has 1 unspecified atom stereocenters. The Morgan fingerprint density at radius 1 is 1.62 bits per heavy atom. The number of hydrogen-bond acceptors (Lipinski definition) is 2. The molecule has 0 saturated heterocycles. The van der Waals surface area contributed by atoms with Crippen molar-refractivity contribution in [2.75, 3.05) is 6.54 Å². The van der Waals surface area contributed by atoms with Gasteiger partial charge in [0, 0.05) is 18.7 Å². The Bertz CT molecular complexity index is 415. The van der Waals surface area contributed by atoms with Crippen molar-refractivity contribution in [3.63, 3.8) is 0 Å². The molecule has 1 amide bonds. The predicted molar refractivity (Wildman–Crippen MR) is 45.8 cm³/mol. The van der Waals surface area contributed by atoms with Crippen molar-refractivity contribution in [2.24, 2.45) is 0 Å². The van der Waals surface area contributed by atoms with Gasteiger partial charge in [-0.25, -0.2) is 9.78 Å². The fourth-order valence-electron chi connectivity index (χ4n) is 1.81. The number of alkyl halides is 3. The number of hydrogen-bond donors (Lipinski definition) is 2. The number of fused-ring (bicyclic) bond motifs is 1. The minimum atomic E-state index is -4.65. The lowest BCUT2D eigenvalue weighted by Gasteiger charge is -2.33. The number of rotatable bonds is 0. The highest BCUT2D eigenvalue weighted by Crippen LogP contribution is 2.40. The van der Waals surface area contributed by atoms with Crippen molar-refractivity contribution in [1.82, 2.24) is 14.9 Å². The van der Waals surface area contributed by atoms with Crippen molar-refractivity contribution < 1.29 is 23.1 Å². The number of imidazole rings is 1. The van der Waals surface area contributed by atoms with Gasteiger partial charge in [0.25, 0.3) is 0 Å². The molecule has 2 N–H and O–H groups in total.